The Bertz CT molecular complexity index is 654. The van der Waals surface area contributed by atoms with Crippen molar-refractivity contribution in [3.8, 4) is 22.8 Å². The lowest BCUT2D eigenvalue weighted by Crippen LogP contribution is -1.80. The molecule has 18 heavy (non-hydrogen) atoms. The Hall–Kier alpha value is -1.71. The van der Waals surface area contributed by atoms with Gasteiger partial charge in [0.05, 0.1) is 22.4 Å². The summed E-state index contributed by atoms with van der Waals surface area (Å²) in [6.07, 6.45) is 1.55. The molecule has 1 radical (unpaired) electrons. The molecule has 0 aliphatic rings. The molecule has 0 saturated heterocycles. The molecule has 2 aromatic heterocycles. The summed E-state index contributed by atoms with van der Waals surface area (Å²) in [5.74, 6) is 0.961. The van der Waals surface area contributed by atoms with Crippen LogP contribution in [0.5, 0.6) is 0 Å². The van der Waals surface area contributed by atoms with Gasteiger partial charge in [-0.1, -0.05) is 34.4 Å². The highest BCUT2D eigenvalue weighted by Crippen LogP contribution is 2.35. The van der Waals surface area contributed by atoms with Crippen LogP contribution in [0.4, 0.5) is 0 Å². The second-order valence-corrected chi connectivity index (χ2v) is 4.37. The van der Waals surface area contributed by atoms with Gasteiger partial charge in [0.15, 0.2) is 5.76 Å². The number of hydrogen-bond acceptors (Lipinski definition) is 3. The zero-order valence-corrected chi connectivity index (χ0v) is 10.5. The molecule has 0 aliphatic heterocycles. The van der Waals surface area contributed by atoms with Gasteiger partial charge in [0, 0.05) is 5.56 Å². The monoisotopic (exact) mass is 278 g/mol. The maximum Gasteiger partial charge on any atom is 0.210 e. The van der Waals surface area contributed by atoms with Crippen molar-refractivity contribution in [3.05, 3.63) is 52.7 Å². The summed E-state index contributed by atoms with van der Waals surface area (Å²) in [6, 6.07) is 11.7. The summed E-state index contributed by atoms with van der Waals surface area (Å²) in [6.45, 7) is 0. The number of aromatic nitrogens is 1. The molecule has 3 rings (SSSR count). The van der Waals surface area contributed by atoms with Gasteiger partial charge < -0.3 is 8.94 Å². The fraction of sp³-hybridized carbons (Fsp3) is 0. The van der Waals surface area contributed by atoms with Gasteiger partial charge in [0.2, 0.25) is 5.76 Å². The van der Waals surface area contributed by atoms with E-state index in [1.165, 1.54) is 0 Å². The van der Waals surface area contributed by atoms with Crippen LogP contribution in [0, 0.1) is 6.07 Å². The third kappa shape index (κ3) is 1.92. The Morgan fingerprint density at radius 1 is 1.06 bits per heavy atom. The molecule has 3 aromatic rings. The molecule has 89 valence electrons. The molecule has 2 heterocycles. The van der Waals surface area contributed by atoms with E-state index in [1.807, 2.05) is 0 Å². The number of rotatable bonds is 2. The smallest absolute Gasteiger partial charge is 0.210 e. The molecule has 0 unspecified atom stereocenters. The first-order valence-corrected chi connectivity index (χ1v) is 5.88. The molecule has 1 aromatic carbocycles. The fourth-order valence-electron chi connectivity index (χ4n) is 1.59. The van der Waals surface area contributed by atoms with Crippen molar-refractivity contribution >= 4 is 23.2 Å². The predicted octanol–water partition coefficient (Wildman–Crippen LogP) is 4.71. The van der Waals surface area contributed by atoms with Gasteiger partial charge in [0.25, 0.3) is 0 Å². The van der Waals surface area contributed by atoms with Crippen molar-refractivity contribution in [2.45, 2.75) is 0 Å². The van der Waals surface area contributed by atoms with Crippen LogP contribution >= 0.6 is 23.2 Å². The molecule has 0 atom stereocenters. The Morgan fingerprint density at radius 2 is 1.83 bits per heavy atom. The van der Waals surface area contributed by atoms with E-state index in [0.717, 1.165) is 0 Å². The summed E-state index contributed by atoms with van der Waals surface area (Å²) >= 11 is 12.2. The lowest BCUT2D eigenvalue weighted by molar-refractivity contribution is 0.420. The number of nitrogens with zero attached hydrogens (tertiary/aromatic N) is 1. The number of benzene rings is 1. The molecule has 5 heteroatoms. The molecular weight excluding hydrogens is 273 g/mol. The second kappa shape index (κ2) is 4.52. The van der Waals surface area contributed by atoms with Gasteiger partial charge in [-0.05, 0) is 24.3 Å². The normalized spacial score (nSPS) is 10.8. The summed E-state index contributed by atoms with van der Waals surface area (Å²) in [7, 11) is 0. The topological polar surface area (TPSA) is 39.2 Å². The lowest BCUT2D eigenvalue weighted by Gasteiger charge is -2.01. The Labute approximate surface area is 113 Å². The van der Waals surface area contributed by atoms with Crippen LogP contribution in [0.2, 0.25) is 10.0 Å². The van der Waals surface area contributed by atoms with Gasteiger partial charge in [-0.2, -0.15) is 0 Å². The van der Waals surface area contributed by atoms with Gasteiger partial charge >= 0.3 is 0 Å². The van der Waals surface area contributed by atoms with Crippen molar-refractivity contribution in [1.29, 1.82) is 0 Å². The van der Waals surface area contributed by atoms with E-state index in [2.05, 4.69) is 11.2 Å². The highest BCUT2D eigenvalue weighted by Gasteiger charge is 2.15. The largest absolute Gasteiger partial charge is 0.461 e. The van der Waals surface area contributed by atoms with Crippen molar-refractivity contribution in [2.24, 2.45) is 0 Å². The Kier molecular flexibility index (Phi) is 2.86. The number of hydrogen-bond donors (Lipinski definition) is 0. The zero-order chi connectivity index (χ0) is 12.5. The van der Waals surface area contributed by atoms with Gasteiger partial charge in [-0.15, -0.1) is 0 Å². The van der Waals surface area contributed by atoms with Crippen LogP contribution in [0.3, 0.4) is 0 Å². The third-order valence-electron chi connectivity index (χ3n) is 2.40. The average Bonchev–Trinajstić information content (AvgIpc) is 2.99. The molecular formula is C13H6Cl2NO2. The Morgan fingerprint density at radius 3 is 2.50 bits per heavy atom. The quantitative estimate of drug-likeness (QED) is 0.682. The van der Waals surface area contributed by atoms with Crippen molar-refractivity contribution in [2.75, 3.05) is 0 Å². The van der Waals surface area contributed by atoms with Crippen molar-refractivity contribution in [3.63, 3.8) is 0 Å². The number of halogens is 2. The molecule has 0 fully saturated rings. The van der Waals surface area contributed by atoms with E-state index in [0.29, 0.717) is 32.8 Å². The van der Waals surface area contributed by atoms with Crippen LogP contribution in [-0.2, 0) is 0 Å². The van der Waals surface area contributed by atoms with E-state index in [4.69, 9.17) is 32.1 Å². The summed E-state index contributed by atoms with van der Waals surface area (Å²) in [5, 5.41) is 4.90. The van der Waals surface area contributed by atoms with Crippen LogP contribution in [-0.4, -0.2) is 5.16 Å². The molecule has 0 saturated carbocycles. The van der Waals surface area contributed by atoms with Gasteiger partial charge in [-0.3, -0.25) is 0 Å². The van der Waals surface area contributed by atoms with E-state index >= 15 is 0 Å². The van der Waals surface area contributed by atoms with Crippen LogP contribution in [0.25, 0.3) is 22.8 Å². The van der Waals surface area contributed by atoms with E-state index in [9.17, 15) is 0 Å². The summed E-state index contributed by atoms with van der Waals surface area (Å²) in [5.41, 5.74) is 1.05. The van der Waals surface area contributed by atoms with Crippen molar-refractivity contribution in [1.82, 2.24) is 5.16 Å². The molecule has 3 nitrogen and oxygen atoms in total. The highest BCUT2D eigenvalue weighted by molar-refractivity contribution is 6.39. The van der Waals surface area contributed by atoms with Crippen molar-refractivity contribution < 1.29 is 8.94 Å². The minimum Gasteiger partial charge on any atom is -0.461 e. The van der Waals surface area contributed by atoms with Crippen LogP contribution in [0.15, 0.2) is 45.5 Å². The fourth-order valence-corrected chi connectivity index (χ4v) is 2.17. The second-order valence-electron chi connectivity index (χ2n) is 3.56. The molecule has 0 aliphatic carbocycles. The minimum absolute atomic E-state index is 0.408. The minimum atomic E-state index is 0.408. The van der Waals surface area contributed by atoms with Crippen LogP contribution < -0.4 is 0 Å². The first kappa shape index (κ1) is 11.4. The standard InChI is InChI=1S/C13H6Cl2NO2/c14-8-3-1-4-9(15)13(8)10-7-12(18-16-10)11-5-2-6-17-11/h1-6H. The average molecular weight is 279 g/mol. The first-order valence-electron chi connectivity index (χ1n) is 5.13. The van der Waals surface area contributed by atoms with E-state index in [1.54, 1.807) is 36.6 Å². The Balaban J connectivity index is 2.09. The maximum absolute atomic E-state index is 6.09. The van der Waals surface area contributed by atoms with Gasteiger partial charge in [-0.25, -0.2) is 0 Å². The zero-order valence-electron chi connectivity index (χ0n) is 8.98. The highest BCUT2D eigenvalue weighted by atomic mass is 35.5. The summed E-state index contributed by atoms with van der Waals surface area (Å²) in [4.78, 5) is 0. The SMILES string of the molecule is Clc1cccc(Cl)c1-c1[c]c(-c2ccco2)on1. The third-order valence-corrected chi connectivity index (χ3v) is 3.03. The molecule has 0 amide bonds. The molecule has 0 N–H and O–H groups in total. The lowest BCUT2D eigenvalue weighted by atomic mass is 10.1. The van der Waals surface area contributed by atoms with E-state index in [-0.39, 0.29) is 0 Å². The van der Waals surface area contributed by atoms with E-state index < -0.39 is 0 Å². The summed E-state index contributed by atoms with van der Waals surface area (Å²) < 4.78 is 10.4. The first-order chi connectivity index (χ1) is 8.75. The molecule has 0 bridgehead atoms. The maximum atomic E-state index is 6.09. The molecule has 0 spiro atoms. The number of furan rings is 1. The van der Waals surface area contributed by atoms with Gasteiger partial charge in [0.1, 0.15) is 5.69 Å². The van der Waals surface area contributed by atoms with Crippen LogP contribution in [0.1, 0.15) is 0 Å². The predicted molar refractivity (Wildman–Crippen MR) is 68.5 cm³/mol.